The molecular formula is C8H14N2O2. The minimum Gasteiger partial charge on any atom is -0.465 e. The molecule has 3 aliphatic rings. The van der Waals surface area contributed by atoms with Crippen molar-refractivity contribution in [1.29, 1.82) is 0 Å². The highest BCUT2D eigenvalue weighted by atomic mass is 16.4. The van der Waals surface area contributed by atoms with Crippen LogP contribution in [-0.4, -0.2) is 22.3 Å². The van der Waals surface area contributed by atoms with Crippen LogP contribution in [0.3, 0.4) is 0 Å². The van der Waals surface area contributed by atoms with Crippen LogP contribution in [0.1, 0.15) is 32.1 Å². The van der Waals surface area contributed by atoms with Gasteiger partial charge in [0.1, 0.15) is 0 Å². The molecule has 3 rings (SSSR count). The molecule has 0 heterocycles. The van der Waals surface area contributed by atoms with E-state index in [9.17, 15) is 4.79 Å². The Balaban J connectivity index is 2.02. The van der Waals surface area contributed by atoms with Gasteiger partial charge in [0.05, 0.1) is 0 Å². The molecule has 68 valence electrons. The molecule has 4 N–H and O–H groups in total. The van der Waals surface area contributed by atoms with Crippen LogP contribution >= 0.6 is 0 Å². The van der Waals surface area contributed by atoms with Gasteiger partial charge in [-0.25, -0.2) is 4.79 Å². The van der Waals surface area contributed by atoms with E-state index in [2.05, 4.69) is 5.32 Å². The Bertz CT molecular complexity index is 221. The predicted molar refractivity (Wildman–Crippen MR) is 43.9 cm³/mol. The molecule has 0 saturated heterocycles. The van der Waals surface area contributed by atoms with Gasteiger partial charge in [-0.15, -0.1) is 0 Å². The lowest BCUT2D eigenvalue weighted by Gasteiger charge is -2.58. The number of rotatable bonds is 1. The van der Waals surface area contributed by atoms with Gasteiger partial charge in [-0.05, 0) is 32.1 Å². The molecule has 0 aliphatic heterocycles. The van der Waals surface area contributed by atoms with Crippen molar-refractivity contribution >= 4 is 6.09 Å². The zero-order valence-corrected chi connectivity index (χ0v) is 6.97. The number of fused-ring (bicyclic) bond motifs is 2. The van der Waals surface area contributed by atoms with Crippen LogP contribution in [0, 0.1) is 0 Å². The molecule has 2 bridgehead atoms. The number of hydrogen-bond acceptors (Lipinski definition) is 2. The number of nitrogens with two attached hydrogens (primary N) is 1. The molecule has 12 heavy (non-hydrogen) atoms. The fourth-order valence-electron chi connectivity index (χ4n) is 2.81. The summed E-state index contributed by atoms with van der Waals surface area (Å²) in [6.07, 6.45) is 3.79. The standard InChI is InChI=1S/C8H14N2O2/c9-7-2-1-3-8(4-7,5-7)10-6(11)12/h10H,1-5,9H2,(H,11,12). The summed E-state index contributed by atoms with van der Waals surface area (Å²) in [5.74, 6) is 0. The van der Waals surface area contributed by atoms with Crippen LogP contribution in [0.15, 0.2) is 0 Å². The third kappa shape index (κ3) is 1.06. The van der Waals surface area contributed by atoms with Crippen molar-refractivity contribution in [3.8, 4) is 0 Å². The molecule has 0 aromatic carbocycles. The van der Waals surface area contributed by atoms with Crippen LogP contribution < -0.4 is 11.1 Å². The number of amides is 1. The summed E-state index contributed by atoms with van der Waals surface area (Å²) >= 11 is 0. The van der Waals surface area contributed by atoms with Gasteiger partial charge in [-0.1, -0.05) is 0 Å². The minimum atomic E-state index is -0.918. The average Bonchev–Trinajstić information content (AvgIpc) is 1.81. The molecule has 1 amide bonds. The predicted octanol–water partition coefficient (Wildman–Crippen LogP) is 0.668. The fraction of sp³-hybridized carbons (Fsp3) is 0.875. The maximum absolute atomic E-state index is 10.4. The van der Waals surface area contributed by atoms with E-state index in [1.165, 1.54) is 0 Å². The van der Waals surface area contributed by atoms with Crippen molar-refractivity contribution in [2.45, 2.75) is 43.2 Å². The van der Waals surface area contributed by atoms with Crippen molar-refractivity contribution in [3.05, 3.63) is 0 Å². The van der Waals surface area contributed by atoms with Gasteiger partial charge in [0, 0.05) is 11.1 Å². The Morgan fingerprint density at radius 2 is 2.08 bits per heavy atom. The number of carboxylic acid groups (broad SMARTS) is 1. The van der Waals surface area contributed by atoms with Crippen LogP contribution in [-0.2, 0) is 0 Å². The summed E-state index contributed by atoms with van der Waals surface area (Å²) in [5.41, 5.74) is 5.75. The highest BCUT2D eigenvalue weighted by Gasteiger charge is 2.55. The molecule has 0 unspecified atom stereocenters. The minimum absolute atomic E-state index is 0.0549. The lowest BCUT2D eigenvalue weighted by Crippen LogP contribution is -2.71. The molecule has 3 saturated carbocycles. The van der Waals surface area contributed by atoms with E-state index < -0.39 is 6.09 Å². The molecule has 0 aromatic rings. The Kier molecular flexibility index (Phi) is 1.39. The lowest BCUT2D eigenvalue weighted by atomic mass is 9.55. The molecule has 3 aliphatic carbocycles. The summed E-state index contributed by atoms with van der Waals surface area (Å²) in [4.78, 5) is 10.4. The molecule has 0 atom stereocenters. The Labute approximate surface area is 71.1 Å². The van der Waals surface area contributed by atoms with Crippen molar-refractivity contribution in [1.82, 2.24) is 5.32 Å². The molecule has 0 radical (unpaired) electrons. The van der Waals surface area contributed by atoms with Gasteiger partial charge in [-0.2, -0.15) is 0 Å². The smallest absolute Gasteiger partial charge is 0.405 e. The van der Waals surface area contributed by atoms with Crippen molar-refractivity contribution in [3.63, 3.8) is 0 Å². The van der Waals surface area contributed by atoms with Crippen LogP contribution in [0.4, 0.5) is 4.79 Å². The molecule has 0 aromatic heterocycles. The van der Waals surface area contributed by atoms with E-state index in [0.717, 1.165) is 32.1 Å². The topological polar surface area (TPSA) is 75.3 Å². The van der Waals surface area contributed by atoms with Crippen LogP contribution in [0.5, 0.6) is 0 Å². The first-order valence-corrected chi connectivity index (χ1v) is 4.34. The normalized spacial score (nSPS) is 44.8. The first-order valence-electron chi connectivity index (χ1n) is 4.34. The SMILES string of the molecule is NC12CCCC(NC(=O)O)(C1)C2. The third-order valence-electron chi connectivity index (χ3n) is 3.08. The zero-order chi connectivity index (χ0) is 8.82. The summed E-state index contributed by atoms with van der Waals surface area (Å²) in [6, 6.07) is 0. The second-order valence-corrected chi connectivity index (χ2v) is 4.28. The van der Waals surface area contributed by atoms with Crippen LogP contribution in [0.25, 0.3) is 0 Å². The third-order valence-corrected chi connectivity index (χ3v) is 3.08. The van der Waals surface area contributed by atoms with Crippen molar-refractivity contribution in [2.24, 2.45) is 5.73 Å². The second kappa shape index (κ2) is 2.13. The number of nitrogens with one attached hydrogen (secondary N) is 1. The van der Waals surface area contributed by atoms with Crippen molar-refractivity contribution < 1.29 is 9.90 Å². The van der Waals surface area contributed by atoms with E-state index in [-0.39, 0.29) is 11.1 Å². The molecule has 4 nitrogen and oxygen atoms in total. The maximum atomic E-state index is 10.4. The Morgan fingerprint density at radius 3 is 2.58 bits per heavy atom. The van der Waals surface area contributed by atoms with E-state index in [1.54, 1.807) is 0 Å². The molecule has 3 fully saturated rings. The summed E-state index contributed by atoms with van der Waals surface area (Å²) in [6.45, 7) is 0. The number of hydrogen-bond donors (Lipinski definition) is 3. The van der Waals surface area contributed by atoms with E-state index in [4.69, 9.17) is 10.8 Å². The van der Waals surface area contributed by atoms with Gasteiger partial charge in [0.15, 0.2) is 0 Å². The van der Waals surface area contributed by atoms with E-state index in [0.29, 0.717) is 0 Å². The fourth-order valence-corrected chi connectivity index (χ4v) is 2.81. The van der Waals surface area contributed by atoms with Gasteiger partial charge in [0.2, 0.25) is 0 Å². The van der Waals surface area contributed by atoms with Crippen molar-refractivity contribution in [2.75, 3.05) is 0 Å². The zero-order valence-electron chi connectivity index (χ0n) is 6.97. The van der Waals surface area contributed by atoms with Gasteiger partial charge in [0.25, 0.3) is 0 Å². The van der Waals surface area contributed by atoms with Crippen LogP contribution in [0.2, 0.25) is 0 Å². The average molecular weight is 170 g/mol. The Morgan fingerprint density at radius 1 is 1.42 bits per heavy atom. The molecule has 4 heteroatoms. The summed E-state index contributed by atoms with van der Waals surface area (Å²) in [7, 11) is 0. The highest BCUT2D eigenvalue weighted by molar-refractivity contribution is 5.66. The van der Waals surface area contributed by atoms with Gasteiger partial charge < -0.3 is 16.2 Å². The monoisotopic (exact) mass is 170 g/mol. The second-order valence-electron chi connectivity index (χ2n) is 4.28. The van der Waals surface area contributed by atoms with E-state index >= 15 is 0 Å². The van der Waals surface area contributed by atoms with E-state index in [1.807, 2.05) is 0 Å². The molecular weight excluding hydrogens is 156 g/mol. The largest absolute Gasteiger partial charge is 0.465 e. The first kappa shape index (κ1) is 7.86. The Hall–Kier alpha value is -0.770. The summed E-state index contributed by atoms with van der Waals surface area (Å²) < 4.78 is 0. The maximum Gasteiger partial charge on any atom is 0.405 e. The quantitative estimate of drug-likeness (QED) is 0.541. The first-order chi connectivity index (χ1) is 5.54. The van der Waals surface area contributed by atoms with Gasteiger partial charge in [-0.3, -0.25) is 0 Å². The summed E-state index contributed by atoms with van der Waals surface area (Å²) in [5, 5.41) is 11.2. The van der Waals surface area contributed by atoms with Gasteiger partial charge >= 0.3 is 6.09 Å². The molecule has 0 spiro atoms. The lowest BCUT2D eigenvalue weighted by molar-refractivity contribution is 0.0184. The highest BCUT2D eigenvalue weighted by Crippen LogP contribution is 2.50. The number of carbonyl (C=O) groups is 1.